The van der Waals surface area contributed by atoms with Crippen LogP contribution in [0.25, 0.3) is 0 Å². The number of benzene rings is 2. The van der Waals surface area contributed by atoms with Crippen LogP contribution >= 0.6 is 23.2 Å². The molecule has 44 heavy (non-hydrogen) atoms. The van der Waals surface area contributed by atoms with Crippen LogP contribution in [-0.4, -0.2) is 99.9 Å². The molecule has 3 N–H and O–H groups in total. The van der Waals surface area contributed by atoms with Crippen molar-refractivity contribution in [2.45, 2.75) is 38.1 Å². The van der Waals surface area contributed by atoms with Crippen LogP contribution in [0.3, 0.4) is 0 Å². The monoisotopic (exact) mass is 658 g/mol. The van der Waals surface area contributed by atoms with Gasteiger partial charge in [0.2, 0.25) is 5.91 Å². The number of anilines is 1. The molecule has 0 radical (unpaired) electrons. The SMILES string of the molecule is COCC(C)NCc1cc(C(F)(F)F)ccc1N1CCN(C(=O)[C@@H](Cc2ccc(Cl)cc2Cl)NC(=O)N2CCNCC2)CC1. The number of nitrogens with one attached hydrogen (secondary N) is 3. The van der Waals surface area contributed by atoms with Crippen molar-refractivity contribution in [3.05, 3.63) is 63.1 Å². The average molecular weight is 660 g/mol. The van der Waals surface area contributed by atoms with Crippen LogP contribution in [0.15, 0.2) is 36.4 Å². The van der Waals surface area contributed by atoms with E-state index in [1.807, 2.05) is 11.8 Å². The Hall–Kier alpha value is -2.77. The fraction of sp³-hybridized carbons (Fsp3) is 0.533. The summed E-state index contributed by atoms with van der Waals surface area (Å²) in [5, 5.41) is 10.2. The summed E-state index contributed by atoms with van der Waals surface area (Å²) in [6, 6.07) is 7.55. The molecule has 2 aromatic rings. The molecule has 2 heterocycles. The molecule has 2 saturated heterocycles. The summed E-state index contributed by atoms with van der Waals surface area (Å²) in [7, 11) is 1.57. The molecule has 1 unspecified atom stereocenters. The Morgan fingerprint density at radius 1 is 0.977 bits per heavy atom. The van der Waals surface area contributed by atoms with Crippen LogP contribution in [0, 0.1) is 0 Å². The largest absolute Gasteiger partial charge is 0.416 e. The van der Waals surface area contributed by atoms with E-state index < -0.39 is 17.8 Å². The van der Waals surface area contributed by atoms with Gasteiger partial charge in [0.15, 0.2) is 0 Å². The van der Waals surface area contributed by atoms with Gasteiger partial charge in [-0.25, -0.2) is 4.79 Å². The highest BCUT2D eigenvalue weighted by Gasteiger charge is 2.33. The Morgan fingerprint density at radius 3 is 2.32 bits per heavy atom. The van der Waals surface area contributed by atoms with E-state index in [4.69, 9.17) is 27.9 Å². The smallest absolute Gasteiger partial charge is 0.383 e. The molecule has 2 aromatic carbocycles. The zero-order chi connectivity index (χ0) is 31.9. The molecular weight excluding hydrogens is 620 g/mol. The lowest BCUT2D eigenvalue weighted by molar-refractivity contribution is -0.137. The number of urea groups is 1. The first-order valence-corrected chi connectivity index (χ1v) is 15.4. The van der Waals surface area contributed by atoms with Crippen molar-refractivity contribution in [3.63, 3.8) is 0 Å². The molecule has 0 saturated carbocycles. The molecule has 2 aliphatic heterocycles. The number of nitrogens with zero attached hydrogens (tertiary/aromatic N) is 3. The maximum atomic E-state index is 13.8. The number of rotatable bonds is 10. The maximum Gasteiger partial charge on any atom is 0.416 e. The number of carbonyl (C=O) groups excluding carboxylic acids is 2. The molecule has 242 valence electrons. The van der Waals surface area contributed by atoms with Gasteiger partial charge in [-0.15, -0.1) is 0 Å². The number of hydrogen-bond donors (Lipinski definition) is 3. The zero-order valence-electron chi connectivity index (χ0n) is 24.9. The lowest BCUT2D eigenvalue weighted by Gasteiger charge is -2.39. The standard InChI is InChI=1S/C30H39Cl2F3N6O3/c1-20(19-44-2)37-18-22-15-23(30(33,34)35)4-6-27(22)39-11-13-40(14-12-39)28(42)26(16-21-3-5-24(31)17-25(21)32)38-29(43)41-9-7-36-8-10-41/h3-6,15,17,20,26,36-37H,7-14,16,18-19H2,1-2H3,(H,38,43)/t20?,26-/m1/s1. The number of ether oxygens (including phenoxy) is 1. The summed E-state index contributed by atoms with van der Waals surface area (Å²) >= 11 is 12.5. The van der Waals surface area contributed by atoms with Crippen molar-refractivity contribution in [2.75, 3.05) is 71.0 Å². The van der Waals surface area contributed by atoms with Gasteiger partial charge >= 0.3 is 12.2 Å². The van der Waals surface area contributed by atoms with Crippen molar-refractivity contribution in [2.24, 2.45) is 0 Å². The van der Waals surface area contributed by atoms with E-state index in [1.54, 1.807) is 35.1 Å². The van der Waals surface area contributed by atoms with Crippen molar-refractivity contribution >= 4 is 40.8 Å². The molecule has 0 spiro atoms. The molecule has 2 fully saturated rings. The fourth-order valence-electron chi connectivity index (χ4n) is 5.41. The number of amides is 3. The molecule has 3 amide bonds. The number of hydrogen-bond acceptors (Lipinski definition) is 6. The first kappa shape index (κ1) is 34.1. The second kappa shape index (κ2) is 15.5. The molecule has 0 aliphatic carbocycles. The first-order valence-electron chi connectivity index (χ1n) is 14.6. The minimum absolute atomic E-state index is 0.0562. The van der Waals surface area contributed by atoms with Gasteiger partial charge in [0.1, 0.15) is 6.04 Å². The molecule has 2 aliphatic rings. The Labute approximate surface area is 266 Å². The third-order valence-electron chi connectivity index (χ3n) is 7.84. The van der Waals surface area contributed by atoms with Gasteiger partial charge in [0, 0.05) is 94.2 Å². The van der Waals surface area contributed by atoms with Crippen molar-refractivity contribution in [1.29, 1.82) is 0 Å². The number of piperazine rings is 2. The van der Waals surface area contributed by atoms with Crippen molar-refractivity contribution in [1.82, 2.24) is 25.8 Å². The lowest BCUT2D eigenvalue weighted by atomic mass is 10.0. The summed E-state index contributed by atoms with van der Waals surface area (Å²) in [5.41, 5.74) is 1.16. The third kappa shape index (κ3) is 9.13. The van der Waals surface area contributed by atoms with E-state index in [0.717, 1.165) is 6.07 Å². The summed E-state index contributed by atoms with van der Waals surface area (Å²) in [6.45, 7) is 6.44. The number of methoxy groups -OCH3 is 1. The van der Waals surface area contributed by atoms with Gasteiger partial charge in [-0.2, -0.15) is 13.2 Å². The molecule has 2 atom stereocenters. The summed E-state index contributed by atoms with van der Waals surface area (Å²) in [4.78, 5) is 32.3. The van der Waals surface area contributed by atoms with E-state index in [9.17, 15) is 22.8 Å². The molecule has 9 nitrogen and oxygen atoms in total. The summed E-state index contributed by atoms with van der Waals surface area (Å²) in [5.74, 6) is -0.248. The van der Waals surface area contributed by atoms with Crippen LogP contribution in [-0.2, 0) is 28.7 Å². The van der Waals surface area contributed by atoms with Crippen molar-refractivity contribution in [3.8, 4) is 0 Å². The van der Waals surface area contributed by atoms with Gasteiger partial charge in [-0.05, 0) is 48.4 Å². The Balaban J connectivity index is 1.48. The average Bonchev–Trinajstić information content (AvgIpc) is 3.00. The van der Waals surface area contributed by atoms with Crippen LogP contribution in [0.2, 0.25) is 10.0 Å². The Bertz CT molecular complexity index is 1290. The van der Waals surface area contributed by atoms with Crippen LogP contribution in [0.1, 0.15) is 23.6 Å². The summed E-state index contributed by atoms with van der Waals surface area (Å²) in [6.07, 6.45) is -4.28. The van der Waals surface area contributed by atoms with Crippen LogP contribution < -0.4 is 20.9 Å². The normalized spacial score (nSPS) is 17.4. The second-order valence-corrected chi connectivity index (χ2v) is 11.9. The molecule has 0 aromatic heterocycles. The Kier molecular flexibility index (Phi) is 12.0. The Morgan fingerprint density at radius 2 is 1.68 bits per heavy atom. The topological polar surface area (TPSA) is 89.2 Å². The van der Waals surface area contributed by atoms with Crippen LogP contribution in [0.4, 0.5) is 23.7 Å². The van der Waals surface area contributed by atoms with Gasteiger partial charge in [0.05, 0.1) is 12.2 Å². The molecule has 14 heteroatoms. The number of halogens is 5. The highest BCUT2D eigenvalue weighted by Crippen LogP contribution is 2.33. The van der Waals surface area contributed by atoms with Gasteiger partial charge in [-0.3, -0.25) is 4.79 Å². The quantitative estimate of drug-likeness (QED) is 0.358. The number of alkyl halides is 3. The maximum absolute atomic E-state index is 13.8. The fourth-order valence-corrected chi connectivity index (χ4v) is 5.89. The van der Waals surface area contributed by atoms with Crippen molar-refractivity contribution < 1.29 is 27.5 Å². The highest BCUT2D eigenvalue weighted by atomic mass is 35.5. The zero-order valence-corrected chi connectivity index (χ0v) is 26.4. The van der Waals surface area contributed by atoms with E-state index >= 15 is 0 Å². The molecule has 0 bridgehead atoms. The lowest BCUT2D eigenvalue weighted by Crippen LogP contribution is -2.58. The predicted molar refractivity (Wildman–Crippen MR) is 165 cm³/mol. The van der Waals surface area contributed by atoms with E-state index in [2.05, 4.69) is 16.0 Å². The second-order valence-electron chi connectivity index (χ2n) is 11.1. The number of carbonyl (C=O) groups is 2. The van der Waals surface area contributed by atoms with E-state index in [1.165, 1.54) is 12.1 Å². The molecular formula is C30H39Cl2F3N6O3. The van der Waals surface area contributed by atoms with Gasteiger partial charge in [0.25, 0.3) is 0 Å². The van der Waals surface area contributed by atoms with Crippen LogP contribution in [0.5, 0.6) is 0 Å². The minimum Gasteiger partial charge on any atom is -0.383 e. The van der Waals surface area contributed by atoms with E-state index in [-0.39, 0.29) is 30.9 Å². The summed E-state index contributed by atoms with van der Waals surface area (Å²) < 4.78 is 45.8. The predicted octanol–water partition coefficient (Wildman–Crippen LogP) is 4.01. The van der Waals surface area contributed by atoms with E-state index in [0.29, 0.717) is 85.8 Å². The van der Waals surface area contributed by atoms with Gasteiger partial charge < -0.3 is 35.4 Å². The third-order valence-corrected chi connectivity index (χ3v) is 8.42. The van der Waals surface area contributed by atoms with Gasteiger partial charge in [-0.1, -0.05) is 29.3 Å². The molecule has 4 rings (SSSR count). The first-order chi connectivity index (χ1) is 21.0. The minimum atomic E-state index is -4.46. The highest BCUT2D eigenvalue weighted by molar-refractivity contribution is 6.35.